The maximum absolute atomic E-state index is 2.23. The summed E-state index contributed by atoms with van der Waals surface area (Å²) < 4.78 is 6.69. The molecule has 0 heterocycles. The Labute approximate surface area is 105 Å². The Morgan fingerprint density at radius 2 is 0.833 bits per heavy atom. The van der Waals surface area contributed by atoms with Gasteiger partial charge in [0, 0.05) is 17.1 Å². The molecular weight excluding hydrogens is 336 g/mol. The average molecular weight is 355 g/mol. The van der Waals surface area contributed by atoms with Crippen molar-refractivity contribution < 1.29 is 17.1 Å². The first-order valence-electron chi connectivity index (χ1n) is 3.28. The standard InChI is InChI=1S/C6H18N3P.Cu.HI/c1-7(2)10(8(3)4)9(5)6;;/h1-6H3;;1H. The first-order valence-corrected chi connectivity index (χ1v) is 4.48. The fourth-order valence-electron chi connectivity index (χ4n) is 1.07. The van der Waals surface area contributed by atoms with E-state index in [-0.39, 0.29) is 49.4 Å². The summed E-state index contributed by atoms with van der Waals surface area (Å²) in [5, 5.41) is 0. The van der Waals surface area contributed by atoms with Gasteiger partial charge in [0.05, 0.1) is 0 Å². The molecule has 12 heavy (non-hydrogen) atoms. The van der Waals surface area contributed by atoms with Gasteiger partial charge in [-0.3, -0.25) is 14.0 Å². The van der Waals surface area contributed by atoms with Crippen molar-refractivity contribution in [3.63, 3.8) is 0 Å². The molecular formula is C6H19CuIN3P. The largest absolute Gasteiger partial charge is 0.264 e. The van der Waals surface area contributed by atoms with E-state index >= 15 is 0 Å². The molecule has 0 aliphatic rings. The Morgan fingerprint density at radius 3 is 0.833 bits per heavy atom. The molecule has 0 rings (SSSR count). The Morgan fingerprint density at radius 1 is 0.667 bits per heavy atom. The second-order valence-electron chi connectivity index (χ2n) is 2.81. The van der Waals surface area contributed by atoms with Crippen LogP contribution < -0.4 is 0 Å². The van der Waals surface area contributed by atoms with Gasteiger partial charge in [0.25, 0.3) is 0 Å². The fraction of sp³-hybridized carbons (Fsp3) is 1.00. The van der Waals surface area contributed by atoms with Crippen molar-refractivity contribution in [2.45, 2.75) is 0 Å². The molecule has 0 N–H and O–H groups in total. The van der Waals surface area contributed by atoms with Crippen LogP contribution in [0.4, 0.5) is 0 Å². The van der Waals surface area contributed by atoms with Gasteiger partial charge in [0.2, 0.25) is 0 Å². The third-order valence-electron chi connectivity index (χ3n) is 1.07. The van der Waals surface area contributed by atoms with Gasteiger partial charge < -0.3 is 0 Å². The van der Waals surface area contributed by atoms with Crippen LogP contribution in [-0.4, -0.2) is 56.3 Å². The van der Waals surface area contributed by atoms with Crippen LogP contribution in [0.25, 0.3) is 0 Å². The molecule has 0 saturated carbocycles. The third-order valence-corrected chi connectivity index (χ3v) is 3.22. The predicted octanol–water partition coefficient (Wildman–Crippen LogP) is 1.51. The van der Waals surface area contributed by atoms with Crippen LogP contribution in [0.3, 0.4) is 0 Å². The summed E-state index contributed by atoms with van der Waals surface area (Å²) in [4.78, 5) is 0. The summed E-state index contributed by atoms with van der Waals surface area (Å²) in [6.45, 7) is 0. The van der Waals surface area contributed by atoms with E-state index in [2.05, 4.69) is 56.3 Å². The summed E-state index contributed by atoms with van der Waals surface area (Å²) in [5.41, 5.74) is 0. The maximum atomic E-state index is 2.23. The van der Waals surface area contributed by atoms with Crippen molar-refractivity contribution in [2.75, 3.05) is 42.3 Å². The van der Waals surface area contributed by atoms with Gasteiger partial charge in [-0.15, -0.1) is 24.0 Å². The zero-order valence-electron chi connectivity index (χ0n) is 8.50. The topological polar surface area (TPSA) is 9.72 Å². The van der Waals surface area contributed by atoms with Crippen LogP contribution >= 0.6 is 32.4 Å². The molecule has 0 aliphatic carbocycles. The summed E-state index contributed by atoms with van der Waals surface area (Å²) in [6, 6.07) is 0. The molecule has 81 valence electrons. The minimum atomic E-state index is -0.238. The molecule has 0 saturated heterocycles. The first-order chi connectivity index (χ1) is 4.46. The van der Waals surface area contributed by atoms with Gasteiger partial charge in [0.1, 0.15) is 8.37 Å². The van der Waals surface area contributed by atoms with E-state index in [0.717, 1.165) is 0 Å². The van der Waals surface area contributed by atoms with E-state index in [1.807, 2.05) is 0 Å². The Bertz CT molecular complexity index is 83.8. The van der Waals surface area contributed by atoms with Gasteiger partial charge in [0.15, 0.2) is 0 Å². The SMILES string of the molecule is CN(C)P(N(C)C)N(C)C.I.[Cu]. The van der Waals surface area contributed by atoms with Gasteiger partial charge in [-0.2, -0.15) is 0 Å². The van der Waals surface area contributed by atoms with E-state index in [9.17, 15) is 0 Å². The first kappa shape index (κ1) is 19.2. The molecule has 0 spiro atoms. The number of halogens is 1. The maximum Gasteiger partial charge on any atom is 0.118 e. The van der Waals surface area contributed by atoms with Crippen molar-refractivity contribution in [1.29, 1.82) is 0 Å². The van der Waals surface area contributed by atoms with Gasteiger partial charge >= 0.3 is 0 Å². The molecule has 0 aromatic heterocycles. The summed E-state index contributed by atoms with van der Waals surface area (Å²) >= 11 is 0. The van der Waals surface area contributed by atoms with Crippen molar-refractivity contribution >= 4 is 32.4 Å². The molecule has 0 aromatic carbocycles. The third kappa shape index (κ3) is 7.01. The molecule has 0 bridgehead atoms. The molecule has 0 unspecified atom stereocenters. The van der Waals surface area contributed by atoms with Gasteiger partial charge in [-0.1, -0.05) is 0 Å². The minimum absolute atomic E-state index is 0. The summed E-state index contributed by atoms with van der Waals surface area (Å²) in [5.74, 6) is 0. The van der Waals surface area contributed by atoms with Crippen LogP contribution in [0, 0.1) is 0 Å². The molecule has 1 radical (unpaired) electrons. The zero-order valence-corrected chi connectivity index (χ0v) is 12.7. The van der Waals surface area contributed by atoms with Crippen molar-refractivity contribution in [3.05, 3.63) is 0 Å². The van der Waals surface area contributed by atoms with E-state index in [0.29, 0.717) is 0 Å². The molecule has 0 aromatic rings. The van der Waals surface area contributed by atoms with Crippen LogP contribution in [0.1, 0.15) is 0 Å². The van der Waals surface area contributed by atoms with Gasteiger partial charge in [-0.05, 0) is 42.3 Å². The second-order valence-corrected chi connectivity index (χ2v) is 5.75. The van der Waals surface area contributed by atoms with Gasteiger partial charge in [-0.25, -0.2) is 0 Å². The van der Waals surface area contributed by atoms with Crippen molar-refractivity contribution in [1.82, 2.24) is 14.0 Å². The molecule has 6 heteroatoms. The van der Waals surface area contributed by atoms with Crippen LogP contribution in [0.5, 0.6) is 0 Å². The van der Waals surface area contributed by atoms with E-state index < -0.39 is 0 Å². The zero-order chi connectivity index (χ0) is 8.31. The molecule has 0 fully saturated rings. The quantitative estimate of drug-likeness (QED) is 0.432. The summed E-state index contributed by atoms with van der Waals surface area (Å²) in [7, 11) is 12.4. The molecule has 3 nitrogen and oxygen atoms in total. The second kappa shape index (κ2) is 9.13. The normalized spacial score (nSPS) is 10.5. The smallest absolute Gasteiger partial charge is 0.118 e. The van der Waals surface area contributed by atoms with Crippen LogP contribution in [0.15, 0.2) is 0 Å². The Hall–Kier alpha value is 1.56. The summed E-state index contributed by atoms with van der Waals surface area (Å²) in [6.07, 6.45) is 0. The van der Waals surface area contributed by atoms with E-state index in [1.165, 1.54) is 0 Å². The van der Waals surface area contributed by atoms with Crippen LogP contribution in [-0.2, 0) is 17.1 Å². The van der Waals surface area contributed by atoms with Crippen molar-refractivity contribution in [2.24, 2.45) is 0 Å². The Balaban J connectivity index is -0.000000405. The number of nitrogens with zero attached hydrogens (tertiary/aromatic N) is 3. The van der Waals surface area contributed by atoms with E-state index in [1.54, 1.807) is 0 Å². The fourth-order valence-corrected chi connectivity index (χ4v) is 3.22. The Kier molecular flexibility index (Phi) is 14.6. The predicted molar refractivity (Wildman–Crippen MR) is 63.4 cm³/mol. The molecule has 0 aliphatic heterocycles. The number of hydrogen-bond donors (Lipinski definition) is 0. The van der Waals surface area contributed by atoms with Crippen LogP contribution in [0.2, 0.25) is 0 Å². The molecule has 0 atom stereocenters. The number of hydrogen-bond acceptors (Lipinski definition) is 3. The minimum Gasteiger partial charge on any atom is -0.264 e. The van der Waals surface area contributed by atoms with Crippen molar-refractivity contribution in [3.8, 4) is 0 Å². The average Bonchev–Trinajstić information content (AvgIpc) is 1.59. The molecule has 0 amide bonds. The number of rotatable bonds is 3. The monoisotopic (exact) mass is 354 g/mol. The van der Waals surface area contributed by atoms with E-state index in [4.69, 9.17) is 0 Å².